The molecular formula is C21H16N4O2. The van der Waals surface area contributed by atoms with Gasteiger partial charge in [0.05, 0.1) is 18.3 Å². The highest BCUT2D eigenvalue weighted by Gasteiger charge is 2.11. The summed E-state index contributed by atoms with van der Waals surface area (Å²) >= 11 is 0. The average molecular weight is 356 g/mol. The minimum Gasteiger partial charge on any atom is -0.481 e. The van der Waals surface area contributed by atoms with E-state index in [1.165, 1.54) is 13.3 Å². The van der Waals surface area contributed by atoms with Crippen molar-refractivity contribution < 1.29 is 9.53 Å². The Bertz CT molecular complexity index is 1140. The molecule has 0 bridgehead atoms. The third-order valence-corrected chi connectivity index (χ3v) is 4.33. The molecule has 6 nitrogen and oxygen atoms in total. The number of ketones is 1. The number of aromatic nitrogens is 4. The zero-order valence-electron chi connectivity index (χ0n) is 14.9. The summed E-state index contributed by atoms with van der Waals surface area (Å²) in [5.41, 5.74) is 4.83. The molecular weight excluding hydrogens is 340 g/mol. The van der Waals surface area contributed by atoms with Crippen molar-refractivity contribution in [1.29, 1.82) is 0 Å². The molecule has 0 amide bonds. The van der Waals surface area contributed by atoms with E-state index in [9.17, 15) is 4.79 Å². The Morgan fingerprint density at radius 3 is 2.48 bits per heavy atom. The summed E-state index contributed by atoms with van der Waals surface area (Å²) < 4.78 is 5.12. The topological polar surface area (TPSA) is 77.9 Å². The summed E-state index contributed by atoms with van der Waals surface area (Å²) in [5, 5.41) is 0.883. The molecule has 3 heterocycles. The van der Waals surface area contributed by atoms with Crippen LogP contribution in [-0.2, 0) is 0 Å². The molecule has 27 heavy (non-hydrogen) atoms. The molecule has 0 N–H and O–H groups in total. The molecule has 3 aromatic heterocycles. The lowest BCUT2D eigenvalue weighted by Gasteiger charge is -2.09. The van der Waals surface area contributed by atoms with E-state index in [1.54, 1.807) is 31.8 Å². The molecule has 0 aliphatic carbocycles. The van der Waals surface area contributed by atoms with Crippen LogP contribution >= 0.6 is 0 Å². The fourth-order valence-corrected chi connectivity index (χ4v) is 2.90. The second kappa shape index (κ2) is 6.92. The number of hydrogen-bond donors (Lipinski definition) is 0. The molecule has 0 fully saturated rings. The largest absolute Gasteiger partial charge is 0.481 e. The molecule has 0 radical (unpaired) electrons. The van der Waals surface area contributed by atoms with Gasteiger partial charge >= 0.3 is 0 Å². The molecule has 0 unspecified atom stereocenters. The van der Waals surface area contributed by atoms with Crippen LogP contribution in [0.5, 0.6) is 5.88 Å². The van der Waals surface area contributed by atoms with Crippen molar-refractivity contribution in [2.24, 2.45) is 0 Å². The van der Waals surface area contributed by atoms with Gasteiger partial charge in [-0.3, -0.25) is 9.78 Å². The maximum Gasteiger partial charge on any atom is 0.212 e. The summed E-state index contributed by atoms with van der Waals surface area (Å²) in [6, 6.07) is 11.5. The minimum atomic E-state index is -0.0345. The van der Waals surface area contributed by atoms with Crippen molar-refractivity contribution in [2.45, 2.75) is 6.92 Å². The fourth-order valence-electron chi connectivity index (χ4n) is 2.90. The molecule has 0 atom stereocenters. The van der Waals surface area contributed by atoms with Crippen LogP contribution in [-0.4, -0.2) is 32.8 Å². The van der Waals surface area contributed by atoms with Crippen LogP contribution in [0.3, 0.4) is 0 Å². The molecule has 132 valence electrons. The van der Waals surface area contributed by atoms with Crippen molar-refractivity contribution in [2.75, 3.05) is 7.11 Å². The van der Waals surface area contributed by atoms with Crippen LogP contribution < -0.4 is 4.74 Å². The van der Waals surface area contributed by atoms with E-state index in [-0.39, 0.29) is 5.78 Å². The highest BCUT2D eigenvalue weighted by atomic mass is 16.5. The Kier molecular flexibility index (Phi) is 4.30. The first kappa shape index (κ1) is 16.8. The van der Waals surface area contributed by atoms with Crippen LogP contribution in [0.4, 0.5) is 0 Å². The number of hydrogen-bond acceptors (Lipinski definition) is 6. The summed E-state index contributed by atoms with van der Waals surface area (Å²) in [5.74, 6) is 0.531. The number of benzene rings is 1. The summed E-state index contributed by atoms with van der Waals surface area (Å²) in [6.45, 7) is 1.52. The van der Waals surface area contributed by atoms with Crippen LogP contribution in [0, 0.1) is 0 Å². The smallest absolute Gasteiger partial charge is 0.212 e. The lowest BCUT2D eigenvalue weighted by molar-refractivity contribution is 0.101. The summed E-state index contributed by atoms with van der Waals surface area (Å²) in [7, 11) is 1.59. The summed E-state index contributed by atoms with van der Waals surface area (Å²) in [4.78, 5) is 28.9. The normalized spacial score (nSPS) is 10.7. The number of Topliss-reactive ketones (excluding diaryl/α,β-unsaturated/α-hetero) is 1. The predicted octanol–water partition coefficient (Wildman–Crippen LogP) is 3.97. The van der Waals surface area contributed by atoms with Crippen molar-refractivity contribution in [3.63, 3.8) is 0 Å². The number of carbonyl (C=O) groups excluding carboxylic acids is 1. The molecule has 4 rings (SSSR count). The third kappa shape index (κ3) is 3.25. The first-order chi connectivity index (χ1) is 13.2. The number of nitrogens with zero attached hydrogens (tertiary/aromatic N) is 4. The Labute approximate surface area is 155 Å². The van der Waals surface area contributed by atoms with Crippen LogP contribution in [0.2, 0.25) is 0 Å². The van der Waals surface area contributed by atoms with E-state index >= 15 is 0 Å². The zero-order valence-corrected chi connectivity index (χ0v) is 14.9. The Hall–Kier alpha value is -3.67. The van der Waals surface area contributed by atoms with E-state index in [0.29, 0.717) is 11.4 Å². The summed E-state index contributed by atoms with van der Waals surface area (Å²) in [6.07, 6.45) is 6.55. The second-order valence-electron chi connectivity index (χ2n) is 6.06. The van der Waals surface area contributed by atoms with Crippen LogP contribution in [0.25, 0.3) is 33.3 Å². The third-order valence-electron chi connectivity index (χ3n) is 4.33. The van der Waals surface area contributed by atoms with Gasteiger partial charge in [0.2, 0.25) is 5.88 Å². The van der Waals surface area contributed by atoms with Crippen molar-refractivity contribution in [3.8, 4) is 28.3 Å². The van der Waals surface area contributed by atoms with Crippen LogP contribution in [0.15, 0.2) is 61.3 Å². The highest BCUT2D eigenvalue weighted by molar-refractivity contribution is 5.98. The molecule has 0 spiro atoms. The number of methoxy groups -OCH3 is 1. The molecule has 0 aliphatic rings. The van der Waals surface area contributed by atoms with Crippen LogP contribution in [0.1, 0.15) is 17.3 Å². The van der Waals surface area contributed by atoms with Gasteiger partial charge in [0.1, 0.15) is 6.33 Å². The van der Waals surface area contributed by atoms with Crippen molar-refractivity contribution in [3.05, 3.63) is 66.9 Å². The second-order valence-corrected chi connectivity index (χ2v) is 6.06. The quantitative estimate of drug-likeness (QED) is 0.515. The van der Waals surface area contributed by atoms with E-state index in [0.717, 1.165) is 33.3 Å². The number of rotatable bonds is 4. The number of pyridine rings is 2. The highest BCUT2D eigenvalue weighted by Crippen LogP contribution is 2.30. The lowest BCUT2D eigenvalue weighted by atomic mass is 10.0. The van der Waals surface area contributed by atoms with Gasteiger partial charge in [0, 0.05) is 46.7 Å². The predicted molar refractivity (Wildman–Crippen MR) is 103 cm³/mol. The monoisotopic (exact) mass is 356 g/mol. The Balaban J connectivity index is 1.86. The molecule has 6 heteroatoms. The van der Waals surface area contributed by atoms with Gasteiger partial charge in [-0.1, -0.05) is 6.07 Å². The molecule has 4 aromatic rings. The standard InChI is InChI=1S/C21H16N4O2/c1-13(26)16-7-17(10-22-9-16)21-18-8-14(3-5-19(18)24-12-25-21)15-4-6-20(27-2)23-11-15/h3-12H,1-2H3. The van der Waals surface area contributed by atoms with Gasteiger partial charge < -0.3 is 4.74 Å². The van der Waals surface area contributed by atoms with Gasteiger partial charge in [0.25, 0.3) is 0 Å². The van der Waals surface area contributed by atoms with Gasteiger partial charge in [-0.2, -0.15) is 0 Å². The first-order valence-electron chi connectivity index (χ1n) is 8.37. The maximum absolute atomic E-state index is 11.7. The molecule has 0 aliphatic heterocycles. The molecule has 1 aromatic carbocycles. The Morgan fingerprint density at radius 2 is 1.74 bits per heavy atom. The fraction of sp³-hybridized carbons (Fsp3) is 0.0952. The average Bonchev–Trinajstić information content (AvgIpc) is 2.73. The number of carbonyl (C=O) groups is 1. The minimum absolute atomic E-state index is 0.0345. The first-order valence-corrected chi connectivity index (χ1v) is 8.37. The van der Waals surface area contributed by atoms with Crippen molar-refractivity contribution >= 4 is 16.7 Å². The van der Waals surface area contributed by atoms with E-state index in [4.69, 9.17) is 4.74 Å². The van der Waals surface area contributed by atoms with Gasteiger partial charge in [-0.25, -0.2) is 15.0 Å². The van der Waals surface area contributed by atoms with E-state index < -0.39 is 0 Å². The molecule has 0 saturated carbocycles. The Morgan fingerprint density at radius 1 is 0.889 bits per heavy atom. The number of ether oxygens (including phenoxy) is 1. The molecule has 0 saturated heterocycles. The van der Waals surface area contributed by atoms with Gasteiger partial charge in [-0.05, 0) is 36.8 Å². The number of fused-ring (bicyclic) bond motifs is 1. The van der Waals surface area contributed by atoms with Crippen molar-refractivity contribution in [1.82, 2.24) is 19.9 Å². The van der Waals surface area contributed by atoms with E-state index in [2.05, 4.69) is 19.9 Å². The lowest BCUT2D eigenvalue weighted by Crippen LogP contribution is -1.96. The van der Waals surface area contributed by atoms with Gasteiger partial charge in [0.15, 0.2) is 5.78 Å². The van der Waals surface area contributed by atoms with Gasteiger partial charge in [-0.15, -0.1) is 0 Å². The maximum atomic E-state index is 11.7. The SMILES string of the molecule is COc1ccc(-c2ccc3ncnc(-c4cncc(C(C)=O)c4)c3c2)cn1. The zero-order chi connectivity index (χ0) is 18.8. The van der Waals surface area contributed by atoms with E-state index in [1.807, 2.05) is 30.3 Å².